The molecule has 0 radical (unpaired) electrons. The highest BCUT2D eigenvalue weighted by molar-refractivity contribution is 5.83. The van der Waals surface area contributed by atoms with Gasteiger partial charge in [0.25, 0.3) is 5.56 Å². The van der Waals surface area contributed by atoms with Gasteiger partial charge in [-0.15, -0.1) is 0 Å². The molecule has 2 aliphatic heterocycles. The van der Waals surface area contributed by atoms with E-state index in [0.717, 1.165) is 65.1 Å². The maximum absolute atomic E-state index is 13.5. The summed E-state index contributed by atoms with van der Waals surface area (Å²) in [5, 5.41) is 7.13. The van der Waals surface area contributed by atoms with Gasteiger partial charge in [-0.1, -0.05) is 12.1 Å². The summed E-state index contributed by atoms with van der Waals surface area (Å²) in [6, 6.07) is 7.81. The SMILES string of the molecule is O=C(NCc1nc2ccccc2c(=O)[nH]1)[C@@]12CC[C@H](N3CCOCC3)C[C@H]1CCNC2. The number of aromatic nitrogens is 2. The average molecular weight is 426 g/mol. The van der Waals surface area contributed by atoms with Crippen LogP contribution in [0.2, 0.25) is 0 Å². The number of para-hydroxylation sites is 1. The molecular formula is C23H31N5O3. The third-order valence-electron chi connectivity index (χ3n) is 7.46. The summed E-state index contributed by atoms with van der Waals surface area (Å²) in [5.74, 6) is 0.954. The molecule has 1 aliphatic carbocycles. The predicted octanol–water partition coefficient (Wildman–Crippen LogP) is 1.02. The predicted molar refractivity (Wildman–Crippen MR) is 118 cm³/mol. The normalized spacial score (nSPS) is 29.4. The van der Waals surface area contributed by atoms with Gasteiger partial charge in [0, 0.05) is 25.7 Å². The lowest BCUT2D eigenvalue weighted by atomic mass is 9.61. The highest BCUT2D eigenvalue weighted by Crippen LogP contribution is 2.46. The lowest BCUT2D eigenvalue weighted by Gasteiger charge is -2.50. The number of hydrogen-bond acceptors (Lipinski definition) is 6. The van der Waals surface area contributed by atoms with E-state index < -0.39 is 0 Å². The molecule has 0 unspecified atom stereocenters. The Kier molecular flexibility index (Phi) is 5.77. The molecule has 5 rings (SSSR count). The third kappa shape index (κ3) is 4.00. The molecule has 3 N–H and O–H groups in total. The summed E-state index contributed by atoms with van der Waals surface area (Å²) in [6.07, 6.45) is 4.02. The first-order chi connectivity index (χ1) is 15.2. The Morgan fingerprint density at radius 2 is 2.10 bits per heavy atom. The van der Waals surface area contributed by atoms with Crippen molar-refractivity contribution in [3.8, 4) is 0 Å². The number of nitrogens with zero attached hydrogens (tertiary/aromatic N) is 2. The van der Waals surface area contributed by atoms with Gasteiger partial charge in [0.1, 0.15) is 5.82 Å². The number of carbonyl (C=O) groups excluding carboxylic acids is 1. The van der Waals surface area contributed by atoms with Crippen molar-refractivity contribution in [1.29, 1.82) is 0 Å². The molecule has 3 atom stereocenters. The van der Waals surface area contributed by atoms with E-state index in [1.807, 2.05) is 18.2 Å². The molecule has 0 spiro atoms. The zero-order chi connectivity index (χ0) is 21.3. The summed E-state index contributed by atoms with van der Waals surface area (Å²) >= 11 is 0. The second-order valence-corrected chi connectivity index (χ2v) is 9.11. The zero-order valence-corrected chi connectivity index (χ0v) is 17.9. The number of fused-ring (bicyclic) bond motifs is 2. The van der Waals surface area contributed by atoms with Gasteiger partial charge in [-0.05, 0) is 50.3 Å². The van der Waals surface area contributed by atoms with E-state index in [0.29, 0.717) is 28.7 Å². The molecular weight excluding hydrogens is 394 g/mol. The Bertz CT molecular complexity index is 1000. The number of ether oxygens (including phenoxy) is 1. The monoisotopic (exact) mass is 425 g/mol. The lowest BCUT2D eigenvalue weighted by Crippen LogP contribution is -2.60. The molecule has 1 aromatic carbocycles. The molecule has 2 saturated heterocycles. The van der Waals surface area contributed by atoms with Crippen molar-refractivity contribution in [2.45, 2.75) is 38.3 Å². The lowest BCUT2D eigenvalue weighted by molar-refractivity contribution is -0.140. The number of rotatable bonds is 4. The molecule has 3 heterocycles. The fourth-order valence-corrected chi connectivity index (χ4v) is 5.73. The maximum atomic E-state index is 13.5. The minimum Gasteiger partial charge on any atom is -0.379 e. The van der Waals surface area contributed by atoms with Crippen molar-refractivity contribution in [3.63, 3.8) is 0 Å². The topological polar surface area (TPSA) is 99.3 Å². The molecule has 31 heavy (non-hydrogen) atoms. The van der Waals surface area contributed by atoms with E-state index in [1.54, 1.807) is 6.07 Å². The second kappa shape index (κ2) is 8.68. The van der Waals surface area contributed by atoms with Crippen LogP contribution in [-0.4, -0.2) is 66.2 Å². The Morgan fingerprint density at radius 3 is 2.97 bits per heavy atom. The van der Waals surface area contributed by atoms with Crippen molar-refractivity contribution in [2.24, 2.45) is 11.3 Å². The van der Waals surface area contributed by atoms with Gasteiger partial charge in [-0.2, -0.15) is 0 Å². The van der Waals surface area contributed by atoms with Crippen LogP contribution in [0, 0.1) is 11.3 Å². The van der Waals surface area contributed by atoms with Gasteiger partial charge >= 0.3 is 0 Å². The first-order valence-electron chi connectivity index (χ1n) is 11.4. The van der Waals surface area contributed by atoms with Crippen molar-refractivity contribution < 1.29 is 9.53 Å². The van der Waals surface area contributed by atoms with Crippen LogP contribution in [0.1, 0.15) is 31.5 Å². The van der Waals surface area contributed by atoms with Crippen LogP contribution in [0.5, 0.6) is 0 Å². The first kappa shape index (κ1) is 20.6. The van der Waals surface area contributed by atoms with E-state index in [4.69, 9.17) is 4.74 Å². The van der Waals surface area contributed by atoms with Gasteiger partial charge < -0.3 is 20.4 Å². The van der Waals surface area contributed by atoms with Gasteiger partial charge in [0.2, 0.25) is 5.91 Å². The number of carbonyl (C=O) groups is 1. The molecule has 3 fully saturated rings. The number of aromatic amines is 1. The highest BCUT2D eigenvalue weighted by Gasteiger charge is 2.50. The molecule has 166 valence electrons. The molecule has 1 amide bonds. The van der Waals surface area contributed by atoms with Crippen LogP contribution in [-0.2, 0) is 16.1 Å². The summed E-state index contributed by atoms with van der Waals surface area (Å²) in [5.41, 5.74) is 0.103. The van der Waals surface area contributed by atoms with Gasteiger partial charge in [0.05, 0.1) is 36.1 Å². The average Bonchev–Trinajstić information content (AvgIpc) is 2.82. The maximum Gasteiger partial charge on any atom is 0.258 e. The first-order valence-corrected chi connectivity index (χ1v) is 11.4. The Balaban J connectivity index is 1.29. The van der Waals surface area contributed by atoms with Crippen molar-refractivity contribution >= 4 is 16.8 Å². The summed E-state index contributed by atoms with van der Waals surface area (Å²) < 4.78 is 5.52. The molecule has 1 saturated carbocycles. The van der Waals surface area contributed by atoms with Crippen LogP contribution < -0.4 is 16.2 Å². The smallest absolute Gasteiger partial charge is 0.258 e. The largest absolute Gasteiger partial charge is 0.379 e. The quantitative estimate of drug-likeness (QED) is 0.677. The van der Waals surface area contributed by atoms with Gasteiger partial charge in [0.15, 0.2) is 0 Å². The third-order valence-corrected chi connectivity index (χ3v) is 7.46. The van der Waals surface area contributed by atoms with Crippen molar-refractivity contribution in [3.05, 3.63) is 40.4 Å². The van der Waals surface area contributed by atoms with Crippen LogP contribution in [0.3, 0.4) is 0 Å². The number of morpholine rings is 1. The summed E-state index contributed by atoms with van der Waals surface area (Å²) in [6.45, 7) is 5.54. The highest BCUT2D eigenvalue weighted by atomic mass is 16.5. The molecule has 8 heteroatoms. The number of benzene rings is 1. The van der Waals surface area contributed by atoms with Crippen LogP contribution in [0.4, 0.5) is 0 Å². The molecule has 2 aromatic rings. The van der Waals surface area contributed by atoms with Crippen LogP contribution in [0.25, 0.3) is 10.9 Å². The zero-order valence-electron chi connectivity index (χ0n) is 17.9. The summed E-state index contributed by atoms with van der Waals surface area (Å²) in [7, 11) is 0. The fraction of sp³-hybridized carbons (Fsp3) is 0.609. The molecule has 0 bridgehead atoms. The van der Waals surface area contributed by atoms with Gasteiger partial charge in [-0.25, -0.2) is 4.98 Å². The van der Waals surface area contributed by atoms with E-state index >= 15 is 0 Å². The number of piperidine rings is 1. The Labute approximate surface area is 181 Å². The number of hydrogen-bond donors (Lipinski definition) is 3. The number of amides is 1. The van der Waals surface area contributed by atoms with E-state index in [9.17, 15) is 9.59 Å². The van der Waals surface area contributed by atoms with E-state index in [2.05, 4.69) is 25.5 Å². The van der Waals surface area contributed by atoms with E-state index in [-0.39, 0.29) is 23.4 Å². The molecule has 8 nitrogen and oxygen atoms in total. The van der Waals surface area contributed by atoms with Crippen LogP contribution in [0.15, 0.2) is 29.1 Å². The molecule has 1 aromatic heterocycles. The van der Waals surface area contributed by atoms with E-state index in [1.165, 1.54) is 0 Å². The number of nitrogens with one attached hydrogen (secondary N) is 3. The Hall–Kier alpha value is -2.29. The standard InChI is InChI=1S/C23H31N5O3/c29-21-18-3-1-2-4-19(18)26-20(27-21)14-25-22(30)23-7-5-17(28-9-11-31-12-10-28)13-16(23)6-8-24-15-23/h1-4,16-17,24H,5-15H2,(H,25,30)(H,26,27,29)/t16-,17+,23-/m1/s1. The van der Waals surface area contributed by atoms with Crippen molar-refractivity contribution in [1.82, 2.24) is 25.5 Å². The van der Waals surface area contributed by atoms with Gasteiger partial charge in [-0.3, -0.25) is 14.5 Å². The number of H-pyrrole nitrogens is 1. The summed E-state index contributed by atoms with van der Waals surface area (Å²) in [4.78, 5) is 35.7. The minimum absolute atomic E-state index is 0.0842. The minimum atomic E-state index is -0.377. The molecule has 3 aliphatic rings. The van der Waals surface area contributed by atoms with Crippen LogP contribution >= 0.6 is 0 Å². The Morgan fingerprint density at radius 1 is 1.26 bits per heavy atom. The van der Waals surface area contributed by atoms with Crippen molar-refractivity contribution in [2.75, 3.05) is 39.4 Å². The second-order valence-electron chi connectivity index (χ2n) is 9.11. The fourth-order valence-electron chi connectivity index (χ4n) is 5.73.